The Labute approximate surface area is 130 Å². The molecule has 0 radical (unpaired) electrons. The third-order valence-corrected chi connectivity index (χ3v) is 4.77. The largest absolute Gasteiger partial charge is 0.343 e. The molecule has 0 aromatic carbocycles. The first-order valence-electron chi connectivity index (χ1n) is 7.02. The van der Waals surface area contributed by atoms with Gasteiger partial charge in [-0.2, -0.15) is 0 Å². The second-order valence-electron chi connectivity index (χ2n) is 5.37. The second-order valence-corrected chi connectivity index (χ2v) is 6.66. The van der Waals surface area contributed by atoms with E-state index in [1.165, 1.54) is 22.7 Å². The van der Waals surface area contributed by atoms with Crippen LogP contribution in [0.4, 0.5) is 0 Å². The van der Waals surface area contributed by atoms with Gasteiger partial charge in [0.1, 0.15) is 5.56 Å². The second kappa shape index (κ2) is 5.53. The fraction of sp³-hybridized carbons (Fsp3) is 0.429. The maximum absolute atomic E-state index is 12.3. The van der Waals surface area contributed by atoms with Gasteiger partial charge in [0, 0.05) is 18.1 Å². The van der Waals surface area contributed by atoms with Crippen molar-refractivity contribution in [1.82, 2.24) is 19.9 Å². The zero-order valence-corrected chi connectivity index (χ0v) is 13.1. The fourth-order valence-corrected chi connectivity index (χ4v) is 3.68. The average molecular weight is 320 g/mol. The van der Waals surface area contributed by atoms with E-state index in [9.17, 15) is 14.4 Å². The summed E-state index contributed by atoms with van der Waals surface area (Å²) in [5.41, 5.74) is -0.382. The number of nitrogens with one attached hydrogen (secondary N) is 2. The Bertz CT molecular complexity index is 849. The normalized spacial score (nSPS) is 17.1. The van der Waals surface area contributed by atoms with Crippen molar-refractivity contribution in [2.24, 2.45) is 7.05 Å². The lowest BCUT2D eigenvalue weighted by atomic mass is 9.97. The van der Waals surface area contributed by atoms with Crippen molar-refractivity contribution in [1.29, 1.82) is 0 Å². The first-order chi connectivity index (χ1) is 10.5. The van der Waals surface area contributed by atoms with Gasteiger partial charge in [0.2, 0.25) is 0 Å². The Hall–Kier alpha value is -2.22. The molecule has 0 saturated carbocycles. The van der Waals surface area contributed by atoms with Crippen LogP contribution in [0, 0.1) is 6.92 Å². The minimum atomic E-state index is -0.675. The molecule has 2 heterocycles. The lowest BCUT2D eigenvalue weighted by Crippen LogP contribution is -2.38. The molecule has 0 fully saturated rings. The summed E-state index contributed by atoms with van der Waals surface area (Å²) in [5.74, 6) is -0.486. The highest BCUT2D eigenvalue weighted by Gasteiger charge is 2.26. The molecule has 2 aromatic heterocycles. The number of H-pyrrole nitrogens is 1. The molecule has 3 rings (SSSR count). The zero-order valence-electron chi connectivity index (χ0n) is 12.3. The van der Waals surface area contributed by atoms with Crippen LogP contribution in [0.15, 0.2) is 15.8 Å². The summed E-state index contributed by atoms with van der Waals surface area (Å²) < 4.78 is 1.18. The topological polar surface area (TPSA) is 96.8 Å². The third kappa shape index (κ3) is 2.61. The van der Waals surface area contributed by atoms with Crippen LogP contribution < -0.4 is 16.6 Å². The van der Waals surface area contributed by atoms with Crippen LogP contribution in [0.2, 0.25) is 0 Å². The number of carbonyl (C=O) groups is 1. The van der Waals surface area contributed by atoms with Gasteiger partial charge in [-0.05, 0) is 26.2 Å². The summed E-state index contributed by atoms with van der Waals surface area (Å²) in [5, 5.41) is 3.84. The summed E-state index contributed by atoms with van der Waals surface area (Å²) in [4.78, 5) is 43.3. The van der Waals surface area contributed by atoms with E-state index in [0.717, 1.165) is 30.0 Å². The first-order valence-corrected chi connectivity index (χ1v) is 7.84. The number of hydrogen-bond acceptors (Lipinski definition) is 5. The van der Waals surface area contributed by atoms with Gasteiger partial charge in [0.05, 0.1) is 16.7 Å². The Balaban J connectivity index is 1.88. The van der Waals surface area contributed by atoms with Gasteiger partial charge in [-0.25, -0.2) is 9.78 Å². The SMILES string of the molecule is Cc1nc2c(s1)CCC[C@@H]2NC(=O)c1cn(C)c(=O)[nH]c1=O. The van der Waals surface area contributed by atoms with Crippen LogP contribution in [0.25, 0.3) is 0 Å². The number of thiazole rings is 1. The Kier molecular flexibility index (Phi) is 3.69. The summed E-state index contributed by atoms with van der Waals surface area (Å²) in [6, 6.07) is -0.183. The number of fused-ring (bicyclic) bond motifs is 1. The average Bonchev–Trinajstić information content (AvgIpc) is 2.84. The molecule has 0 saturated heterocycles. The number of nitrogens with zero attached hydrogens (tertiary/aromatic N) is 2. The predicted octanol–water partition coefficient (Wildman–Crippen LogP) is 0.646. The molecular formula is C14H16N4O3S. The van der Waals surface area contributed by atoms with Crippen LogP contribution in [0.3, 0.4) is 0 Å². The first kappa shape index (κ1) is 14.7. The van der Waals surface area contributed by atoms with Crippen molar-refractivity contribution in [2.45, 2.75) is 32.2 Å². The number of aryl methyl sites for hydroxylation is 3. The van der Waals surface area contributed by atoms with E-state index in [4.69, 9.17) is 0 Å². The van der Waals surface area contributed by atoms with Gasteiger partial charge in [-0.3, -0.25) is 14.6 Å². The minimum absolute atomic E-state index is 0.0684. The van der Waals surface area contributed by atoms with Gasteiger partial charge in [-0.15, -0.1) is 11.3 Å². The number of rotatable bonds is 2. The van der Waals surface area contributed by atoms with Crippen molar-refractivity contribution < 1.29 is 4.79 Å². The quantitative estimate of drug-likeness (QED) is 0.849. The number of carbonyl (C=O) groups excluding carboxylic acids is 1. The van der Waals surface area contributed by atoms with E-state index in [2.05, 4.69) is 15.3 Å². The molecule has 2 aromatic rings. The highest BCUT2D eigenvalue weighted by atomic mass is 32.1. The van der Waals surface area contributed by atoms with Crippen molar-refractivity contribution in [2.75, 3.05) is 0 Å². The minimum Gasteiger partial charge on any atom is -0.343 e. The van der Waals surface area contributed by atoms with E-state index < -0.39 is 17.2 Å². The van der Waals surface area contributed by atoms with E-state index in [1.807, 2.05) is 6.92 Å². The molecule has 22 heavy (non-hydrogen) atoms. The summed E-state index contributed by atoms with van der Waals surface area (Å²) in [6.45, 7) is 1.94. The third-order valence-electron chi connectivity index (χ3n) is 3.72. The van der Waals surface area contributed by atoms with Gasteiger partial charge in [-0.1, -0.05) is 0 Å². The predicted molar refractivity (Wildman–Crippen MR) is 82.3 cm³/mol. The molecule has 116 valence electrons. The Morgan fingerprint density at radius 1 is 1.50 bits per heavy atom. The van der Waals surface area contributed by atoms with Crippen LogP contribution in [-0.2, 0) is 13.5 Å². The van der Waals surface area contributed by atoms with Crippen molar-refractivity contribution in [3.8, 4) is 0 Å². The Morgan fingerprint density at radius 3 is 3.05 bits per heavy atom. The molecule has 8 heteroatoms. The molecule has 1 aliphatic carbocycles. The fourth-order valence-electron chi connectivity index (χ4n) is 2.64. The van der Waals surface area contributed by atoms with Crippen LogP contribution in [-0.4, -0.2) is 20.4 Å². The molecule has 1 atom stereocenters. The van der Waals surface area contributed by atoms with E-state index in [-0.39, 0.29) is 11.6 Å². The van der Waals surface area contributed by atoms with Crippen molar-refractivity contribution in [3.63, 3.8) is 0 Å². The summed E-state index contributed by atoms with van der Waals surface area (Å²) >= 11 is 1.65. The lowest BCUT2D eigenvalue weighted by Gasteiger charge is -2.22. The van der Waals surface area contributed by atoms with Crippen LogP contribution in [0.1, 0.15) is 44.8 Å². The van der Waals surface area contributed by atoms with Crippen molar-refractivity contribution >= 4 is 17.2 Å². The number of amides is 1. The molecule has 2 N–H and O–H groups in total. The zero-order chi connectivity index (χ0) is 15.9. The molecule has 0 bridgehead atoms. The van der Waals surface area contributed by atoms with E-state index in [1.54, 1.807) is 11.3 Å². The highest BCUT2D eigenvalue weighted by molar-refractivity contribution is 7.11. The van der Waals surface area contributed by atoms with Crippen LogP contribution >= 0.6 is 11.3 Å². The molecule has 0 aliphatic heterocycles. The molecule has 0 unspecified atom stereocenters. The smallest absolute Gasteiger partial charge is 0.328 e. The summed E-state index contributed by atoms with van der Waals surface area (Å²) in [6.07, 6.45) is 4.01. The van der Waals surface area contributed by atoms with Gasteiger partial charge < -0.3 is 9.88 Å². The maximum atomic E-state index is 12.3. The number of hydrogen-bond donors (Lipinski definition) is 2. The van der Waals surface area contributed by atoms with E-state index in [0.29, 0.717) is 0 Å². The molecule has 1 amide bonds. The summed E-state index contributed by atoms with van der Waals surface area (Å²) in [7, 11) is 1.48. The van der Waals surface area contributed by atoms with Crippen molar-refractivity contribution in [3.05, 3.63) is 48.2 Å². The molecule has 0 spiro atoms. The highest BCUT2D eigenvalue weighted by Crippen LogP contribution is 2.33. The Morgan fingerprint density at radius 2 is 2.27 bits per heavy atom. The van der Waals surface area contributed by atoms with E-state index >= 15 is 0 Å². The molecular weight excluding hydrogens is 304 g/mol. The molecule has 7 nitrogen and oxygen atoms in total. The number of aromatic nitrogens is 3. The van der Waals surface area contributed by atoms with Gasteiger partial charge in [0.15, 0.2) is 0 Å². The van der Waals surface area contributed by atoms with Crippen LogP contribution in [0.5, 0.6) is 0 Å². The maximum Gasteiger partial charge on any atom is 0.328 e. The molecule has 1 aliphatic rings. The standard InChI is InChI=1S/C14H16N4O3S/c1-7-15-11-9(4-3-5-10(11)22-7)16-12(19)8-6-18(2)14(21)17-13(8)20/h6,9H,3-5H2,1-2H3,(H,16,19)(H,17,20,21)/t9-/m0/s1. The van der Waals surface area contributed by atoms with Gasteiger partial charge >= 0.3 is 5.69 Å². The number of aromatic amines is 1. The monoisotopic (exact) mass is 320 g/mol. The lowest BCUT2D eigenvalue weighted by molar-refractivity contribution is 0.0929. The van der Waals surface area contributed by atoms with Gasteiger partial charge in [0.25, 0.3) is 11.5 Å².